The van der Waals surface area contributed by atoms with Crippen molar-refractivity contribution >= 4 is 23.4 Å². The van der Waals surface area contributed by atoms with Gasteiger partial charge in [0.05, 0.1) is 19.2 Å². The second kappa shape index (κ2) is 10.9. The van der Waals surface area contributed by atoms with E-state index >= 15 is 0 Å². The third-order valence-corrected chi connectivity index (χ3v) is 4.22. The summed E-state index contributed by atoms with van der Waals surface area (Å²) >= 11 is 0. The van der Waals surface area contributed by atoms with Crippen molar-refractivity contribution in [1.29, 1.82) is 0 Å². The van der Waals surface area contributed by atoms with Gasteiger partial charge in [-0.25, -0.2) is 8.78 Å². The van der Waals surface area contributed by atoms with Crippen LogP contribution in [0.4, 0.5) is 14.5 Å². The Labute approximate surface area is 173 Å². The van der Waals surface area contributed by atoms with E-state index in [9.17, 15) is 23.2 Å². The van der Waals surface area contributed by atoms with E-state index in [2.05, 4.69) is 10.6 Å². The fourth-order valence-electron chi connectivity index (χ4n) is 2.66. The molecule has 0 aliphatic rings. The van der Waals surface area contributed by atoms with Crippen LogP contribution < -0.4 is 15.4 Å². The molecule has 0 spiro atoms. The molecule has 2 aromatic carbocycles. The van der Waals surface area contributed by atoms with Crippen LogP contribution >= 0.6 is 0 Å². The molecule has 30 heavy (non-hydrogen) atoms. The normalized spacial score (nSPS) is 10.3. The third-order valence-electron chi connectivity index (χ3n) is 4.22. The molecule has 2 N–H and O–H groups in total. The number of rotatable bonds is 9. The highest BCUT2D eigenvalue weighted by atomic mass is 19.1. The Morgan fingerprint density at radius 2 is 1.87 bits per heavy atom. The molecule has 0 unspecified atom stereocenters. The zero-order valence-electron chi connectivity index (χ0n) is 16.7. The summed E-state index contributed by atoms with van der Waals surface area (Å²) in [6.45, 7) is 1.81. The quantitative estimate of drug-likeness (QED) is 0.654. The lowest BCUT2D eigenvalue weighted by Gasteiger charge is -2.20. The molecule has 0 saturated carbocycles. The number of likely N-dealkylation sites (N-methyl/N-ethyl adjacent to an activating group) is 1. The molecule has 0 atom stereocenters. The SMILES string of the molecule is CCN(CC(=O)Nc1cccc(OC)c1)C(=O)CCNC(=O)c1ccc(F)cc1F. The van der Waals surface area contributed by atoms with Crippen LogP contribution in [0.3, 0.4) is 0 Å². The molecule has 3 amide bonds. The van der Waals surface area contributed by atoms with Gasteiger partial charge in [0.1, 0.15) is 17.4 Å². The summed E-state index contributed by atoms with van der Waals surface area (Å²) in [6, 6.07) is 9.43. The van der Waals surface area contributed by atoms with Crippen LogP contribution in [0, 0.1) is 11.6 Å². The summed E-state index contributed by atoms with van der Waals surface area (Å²) in [5.41, 5.74) is 0.227. The monoisotopic (exact) mass is 419 g/mol. The molecule has 0 aliphatic carbocycles. The first-order valence-corrected chi connectivity index (χ1v) is 9.29. The number of halogens is 2. The van der Waals surface area contributed by atoms with Gasteiger partial charge < -0.3 is 20.3 Å². The Bertz CT molecular complexity index is 921. The molecule has 7 nitrogen and oxygen atoms in total. The molecule has 0 aromatic heterocycles. The molecule has 2 aromatic rings. The van der Waals surface area contributed by atoms with Crippen molar-refractivity contribution in [1.82, 2.24) is 10.2 Å². The topological polar surface area (TPSA) is 87.7 Å². The standard InChI is InChI=1S/C21H23F2N3O4/c1-3-26(13-19(27)25-15-5-4-6-16(12-15)30-2)20(28)9-10-24-21(29)17-8-7-14(22)11-18(17)23/h4-8,11-12H,3,9-10,13H2,1-2H3,(H,24,29)(H,25,27). The van der Waals surface area contributed by atoms with Gasteiger partial charge in [-0.15, -0.1) is 0 Å². The van der Waals surface area contributed by atoms with Gasteiger partial charge in [-0.2, -0.15) is 0 Å². The van der Waals surface area contributed by atoms with Gasteiger partial charge in [-0.05, 0) is 31.2 Å². The van der Waals surface area contributed by atoms with Crippen molar-refractivity contribution in [3.63, 3.8) is 0 Å². The number of anilines is 1. The number of ether oxygens (including phenoxy) is 1. The van der Waals surface area contributed by atoms with Crippen molar-refractivity contribution in [3.8, 4) is 5.75 Å². The largest absolute Gasteiger partial charge is 0.497 e. The summed E-state index contributed by atoms with van der Waals surface area (Å²) in [4.78, 5) is 37.9. The van der Waals surface area contributed by atoms with Crippen LogP contribution in [0.1, 0.15) is 23.7 Å². The fraction of sp³-hybridized carbons (Fsp3) is 0.286. The number of amides is 3. The zero-order chi connectivity index (χ0) is 22.1. The van der Waals surface area contributed by atoms with Gasteiger partial charge in [0.2, 0.25) is 11.8 Å². The van der Waals surface area contributed by atoms with E-state index < -0.39 is 17.5 Å². The minimum absolute atomic E-state index is 0.0531. The number of nitrogens with one attached hydrogen (secondary N) is 2. The Kier molecular flexibility index (Phi) is 8.28. The van der Waals surface area contributed by atoms with E-state index in [0.717, 1.165) is 12.1 Å². The Morgan fingerprint density at radius 1 is 1.10 bits per heavy atom. The van der Waals surface area contributed by atoms with E-state index in [0.29, 0.717) is 24.0 Å². The molecule has 2 rings (SSSR count). The average molecular weight is 419 g/mol. The molecule has 0 aliphatic heterocycles. The maximum Gasteiger partial charge on any atom is 0.254 e. The van der Waals surface area contributed by atoms with Crippen LogP contribution in [0.15, 0.2) is 42.5 Å². The van der Waals surface area contributed by atoms with E-state index in [1.54, 1.807) is 31.2 Å². The van der Waals surface area contributed by atoms with E-state index in [1.165, 1.54) is 12.0 Å². The first kappa shape index (κ1) is 22.8. The number of carbonyl (C=O) groups is 3. The lowest BCUT2D eigenvalue weighted by atomic mass is 10.2. The zero-order valence-corrected chi connectivity index (χ0v) is 16.7. The van der Waals surface area contributed by atoms with Gasteiger partial charge in [0, 0.05) is 37.3 Å². The van der Waals surface area contributed by atoms with Crippen LogP contribution in [0.25, 0.3) is 0 Å². The summed E-state index contributed by atoms with van der Waals surface area (Å²) in [6.07, 6.45) is -0.0746. The minimum Gasteiger partial charge on any atom is -0.497 e. The highest BCUT2D eigenvalue weighted by Gasteiger charge is 2.17. The van der Waals surface area contributed by atoms with Gasteiger partial charge in [0.25, 0.3) is 5.91 Å². The molecular weight excluding hydrogens is 396 g/mol. The number of hydrogen-bond donors (Lipinski definition) is 2. The van der Waals surface area contributed by atoms with Crippen LogP contribution in [0.2, 0.25) is 0 Å². The molecule has 0 saturated heterocycles. The van der Waals surface area contributed by atoms with Crippen molar-refractivity contribution in [3.05, 3.63) is 59.7 Å². The summed E-state index contributed by atoms with van der Waals surface area (Å²) in [7, 11) is 1.52. The van der Waals surface area contributed by atoms with Crippen molar-refractivity contribution in [2.75, 3.05) is 32.1 Å². The van der Waals surface area contributed by atoms with Crippen molar-refractivity contribution in [2.24, 2.45) is 0 Å². The van der Waals surface area contributed by atoms with E-state index in [4.69, 9.17) is 4.74 Å². The second-order valence-corrected chi connectivity index (χ2v) is 6.32. The Hall–Kier alpha value is -3.49. The highest BCUT2D eigenvalue weighted by Crippen LogP contribution is 2.16. The summed E-state index contributed by atoms with van der Waals surface area (Å²) in [5, 5.41) is 5.10. The Balaban J connectivity index is 1.83. The maximum atomic E-state index is 13.6. The van der Waals surface area contributed by atoms with E-state index in [1.807, 2.05) is 0 Å². The number of methoxy groups -OCH3 is 1. The molecule has 9 heteroatoms. The maximum absolute atomic E-state index is 13.6. The fourth-order valence-corrected chi connectivity index (χ4v) is 2.66. The molecule has 0 bridgehead atoms. The van der Waals surface area contributed by atoms with Gasteiger partial charge in [-0.3, -0.25) is 14.4 Å². The first-order valence-electron chi connectivity index (χ1n) is 9.29. The number of carbonyl (C=O) groups excluding carboxylic acids is 3. The summed E-state index contributed by atoms with van der Waals surface area (Å²) in [5.74, 6) is -2.66. The van der Waals surface area contributed by atoms with Crippen LogP contribution in [-0.4, -0.2) is 49.4 Å². The predicted molar refractivity (Wildman–Crippen MR) is 107 cm³/mol. The van der Waals surface area contributed by atoms with E-state index in [-0.39, 0.29) is 36.9 Å². The average Bonchev–Trinajstić information content (AvgIpc) is 2.71. The number of benzene rings is 2. The van der Waals surface area contributed by atoms with Gasteiger partial charge in [0.15, 0.2) is 0 Å². The predicted octanol–water partition coefficient (Wildman–Crippen LogP) is 2.58. The van der Waals surface area contributed by atoms with Crippen molar-refractivity contribution < 1.29 is 27.9 Å². The van der Waals surface area contributed by atoms with Gasteiger partial charge >= 0.3 is 0 Å². The van der Waals surface area contributed by atoms with Crippen LogP contribution in [-0.2, 0) is 9.59 Å². The number of hydrogen-bond acceptors (Lipinski definition) is 4. The lowest BCUT2D eigenvalue weighted by Crippen LogP contribution is -2.39. The smallest absolute Gasteiger partial charge is 0.254 e. The Morgan fingerprint density at radius 3 is 2.53 bits per heavy atom. The first-order chi connectivity index (χ1) is 14.3. The number of nitrogens with zero attached hydrogens (tertiary/aromatic N) is 1. The molecule has 0 fully saturated rings. The third kappa shape index (κ3) is 6.54. The van der Waals surface area contributed by atoms with Crippen molar-refractivity contribution in [2.45, 2.75) is 13.3 Å². The van der Waals surface area contributed by atoms with Gasteiger partial charge in [-0.1, -0.05) is 6.07 Å². The minimum atomic E-state index is -0.983. The molecule has 160 valence electrons. The van der Waals surface area contributed by atoms with Crippen LogP contribution in [0.5, 0.6) is 5.75 Å². The highest BCUT2D eigenvalue weighted by molar-refractivity contribution is 5.95. The summed E-state index contributed by atoms with van der Waals surface area (Å²) < 4.78 is 31.6. The molecule has 0 radical (unpaired) electrons. The second-order valence-electron chi connectivity index (χ2n) is 6.32. The lowest BCUT2D eigenvalue weighted by molar-refractivity contribution is -0.134. The molecular formula is C21H23F2N3O4. The molecule has 0 heterocycles.